The van der Waals surface area contributed by atoms with Crippen molar-refractivity contribution in [2.24, 2.45) is 5.41 Å². The average molecular weight is 319 g/mol. The second kappa shape index (κ2) is 5.76. The molecule has 0 radical (unpaired) electrons. The van der Waals surface area contributed by atoms with Gasteiger partial charge in [0.15, 0.2) is 5.69 Å². The van der Waals surface area contributed by atoms with Crippen LogP contribution in [-0.2, 0) is 0 Å². The first-order valence-electron chi connectivity index (χ1n) is 7.56. The van der Waals surface area contributed by atoms with Crippen molar-refractivity contribution >= 4 is 5.91 Å². The molecule has 122 valence electrons. The van der Waals surface area contributed by atoms with Gasteiger partial charge in [0.05, 0.1) is 0 Å². The Morgan fingerprint density at radius 3 is 2.57 bits per heavy atom. The van der Waals surface area contributed by atoms with Crippen LogP contribution in [0.4, 0.5) is 8.78 Å². The largest absolute Gasteiger partial charge is 0.336 e. The predicted molar refractivity (Wildman–Crippen MR) is 82.3 cm³/mol. The third-order valence-corrected chi connectivity index (χ3v) is 4.46. The van der Waals surface area contributed by atoms with Gasteiger partial charge in [0.1, 0.15) is 0 Å². The Morgan fingerprint density at radius 2 is 1.96 bits per heavy atom. The molecule has 3 rings (SSSR count). The number of benzene rings is 1. The van der Waals surface area contributed by atoms with E-state index in [1.165, 1.54) is 11.6 Å². The summed E-state index contributed by atoms with van der Waals surface area (Å²) in [7, 11) is 0. The van der Waals surface area contributed by atoms with Crippen molar-refractivity contribution in [1.29, 1.82) is 0 Å². The molecule has 1 fully saturated rings. The van der Waals surface area contributed by atoms with Crippen molar-refractivity contribution in [2.45, 2.75) is 26.3 Å². The number of aromatic nitrogens is 2. The molecule has 0 aliphatic carbocycles. The maximum atomic E-state index is 12.6. The van der Waals surface area contributed by atoms with E-state index in [9.17, 15) is 13.6 Å². The summed E-state index contributed by atoms with van der Waals surface area (Å²) in [5, 5.41) is 3.68. The number of amides is 1. The van der Waals surface area contributed by atoms with Crippen molar-refractivity contribution in [2.75, 3.05) is 13.1 Å². The SMILES string of the molecule is CC1(C)CN(C(=O)c2ccn(C(F)F)n2)CC1c1ccccc1. The van der Waals surface area contributed by atoms with Crippen LogP contribution in [0.2, 0.25) is 0 Å². The molecule has 1 aromatic carbocycles. The van der Waals surface area contributed by atoms with Gasteiger partial charge in [-0.2, -0.15) is 13.9 Å². The van der Waals surface area contributed by atoms with Gasteiger partial charge in [-0.25, -0.2) is 4.68 Å². The highest BCUT2D eigenvalue weighted by Gasteiger charge is 2.42. The standard InChI is InChI=1S/C17H19F2N3O/c1-17(2)11-21(10-13(17)12-6-4-3-5-7-12)15(23)14-8-9-22(20-14)16(18)19/h3-9,13,16H,10-11H2,1-2H3. The summed E-state index contributed by atoms with van der Waals surface area (Å²) in [6, 6.07) is 11.4. The number of likely N-dealkylation sites (tertiary alicyclic amines) is 1. The van der Waals surface area contributed by atoms with Crippen LogP contribution in [-0.4, -0.2) is 33.7 Å². The summed E-state index contributed by atoms with van der Waals surface area (Å²) in [5.41, 5.74) is 1.17. The summed E-state index contributed by atoms with van der Waals surface area (Å²) in [6.45, 7) is 2.65. The second-order valence-corrected chi connectivity index (χ2v) is 6.60. The van der Waals surface area contributed by atoms with E-state index in [1.54, 1.807) is 4.90 Å². The molecular weight excluding hydrogens is 300 g/mol. The van der Waals surface area contributed by atoms with E-state index in [4.69, 9.17) is 0 Å². The minimum atomic E-state index is -2.73. The zero-order valence-electron chi connectivity index (χ0n) is 13.1. The highest BCUT2D eigenvalue weighted by atomic mass is 19.3. The van der Waals surface area contributed by atoms with Crippen molar-refractivity contribution in [1.82, 2.24) is 14.7 Å². The number of halogens is 2. The molecule has 4 nitrogen and oxygen atoms in total. The second-order valence-electron chi connectivity index (χ2n) is 6.60. The molecule has 0 saturated carbocycles. The molecule has 1 aromatic heterocycles. The first kappa shape index (κ1) is 15.6. The van der Waals surface area contributed by atoms with Crippen LogP contribution in [0.1, 0.15) is 42.4 Å². The van der Waals surface area contributed by atoms with Gasteiger partial charge < -0.3 is 4.90 Å². The molecule has 2 heterocycles. The van der Waals surface area contributed by atoms with Gasteiger partial charge in [-0.1, -0.05) is 44.2 Å². The quantitative estimate of drug-likeness (QED) is 0.868. The van der Waals surface area contributed by atoms with Gasteiger partial charge >= 0.3 is 6.55 Å². The van der Waals surface area contributed by atoms with Gasteiger partial charge in [0.2, 0.25) is 0 Å². The zero-order chi connectivity index (χ0) is 16.6. The van der Waals surface area contributed by atoms with E-state index in [1.807, 2.05) is 18.2 Å². The van der Waals surface area contributed by atoms with Gasteiger partial charge in [-0.3, -0.25) is 4.79 Å². The normalized spacial score (nSPS) is 20.2. The summed E-state index contributed by atoms with van der Waals surface area (Å²) in [6.07, 6.45) is 1.13. The van der Waals surface area contributed by atoms with Gasteiger partial charge in [-0.15, -0.1) is 0 Å². The molecule has 0 bridgehead atoms. The molecule has 1 unspecified atom stereocenters. The van der Waals surface area contributed by atoms with E-state index < -0.39 is 6.55 Å². The lowest BCUT2D eigenvalue weighted by Gasteiger charge is -2.25. The van der Waals surface area contributed by atoms with Gasteiger partial charge in [-0.05, 0) is 17.0 Å². The fourth-order valence-corrected chi connectivity index (χ4v) is 3.25. The third kappa shape index (κ3) is 2.98. The minimum Gasteiger partial charge on any atom is -0.336 e. The van der Waals surface area contributed by atoms with Gasteiger partial charge in [0, 0.05) is 25.2 Å². The van der Waals surface area contributed by atoms with Crippen LogP contribution in [0.15, 0.2) is 42.6 Å². The Kier molecular flexibility index (Phi) is 3.92. The van der Waals surface area contributed by atoms with Crippen LogP contribution < -0.4 is 0 Å². The van der Waals surface area contributed by atoms with Gasteiger partial charge in [0.25, 0.3) is 5.91 Å². The monoisotopic (exact) mass is 319 g/mol. The first-order chi connectivity index (χ1) is 10.9. The molecule has 2 aromatic rings. The minimum absolute atomic E-state index is 0.0646. The topological polar surface area (TPSA) is 38.1 Å². The summed E-state index contributed by atoms with van der Waals surface area (Å²) in [5.74, 6) is -0.0826. The fourth-order valence-electron chi connectivity index (χ4n) is 3.25. The maximum absolute atomic E-state index is 12.6. The number of rotatable bonds is 3. The molecule has 0 N–H and O–H groups in total. The predicted octanol–water partition coefficient (Wildman–Crippen LogP) is 3.54. The Morgan fingerprint density at radius 1 is 1.26 bits per heavy atom. The lowest BCUT2D eigenvalue weighted by Crippen LogP contribution is -2.30. The smallest absolute Gasteiger partial charge is 0.333 e. The Balaban J connectivity index is 1.80. The van der Waals surface area contributed by atoms with E-state index in [2.05, 4.69) is 31.1 Å². The molecular formula is C17H19F2N3O. The Bertz CT molecular complexity index is 697. The first-order valence-corrected chi connectivity index (χ1v) is 7.56. The molecule has 0 spiro atoms. The molecule has 1 saturated heterocycles. The molecule has 1 aliphatic heterocycles. The van der Waals surface area contributed by atoms with Crippen LogP contribution in [0, 0.1) is 5.41 Å². The molecule has 1 atom stereocenters. The number of carbonyl (C=O) groups excluding carboxylic acids is 1. The molecule has 1 amide bonds. The fraction of sp³-hybridized carbons (Fsp3) is 0.412. The van der Waals surface area contributed by atoms with Crippen molar-refractivity contribution < 1.29 is 13.6 Å². The molecule has 23 heavy (non-hydrogen) atoms. The van der Waals surface area contributed by atoms with Crippen LogP contribution in [0.25, 0.3) is 0 Å². The van der Waals surface area contributed by atoms with E-state index in [0.717, 1.165) is 6.20 Å². The Labute approximate surface area is 133 Å². The van der Waals surface area contributed by atoms with Crippen LogP contribution in [0.5, 0.6) is 0 Å². The molecule has 1 aliphatic rings. The van der Waals surface area contributed by atoms with Crippen LogP contribution >= 0.6 is 0 Å². The lowest BCUT2D eigenvalue weighted by atomic mass is 9.78. The number of hydrogen-bond donors (Lipinski definition) is 0. The number of carbonyl (C=O) groups is 1. The summed E-state index contributed by atoms with van der Waals surface area (Å²) < 4.78 is 25.7. The van der Waals surface area contributed by atoms with Crippen molar-refractivity contribution in [3.8, 4) is 0 Å². The van der Waals surface area contributed by atoms with Crippen molar-refractivity contribution in [3.05, 3.63) is 53.9 Å². The highest BCUT2D eigenvalue weighted by molar-refractivity contribution is 5.92. The van der Waals surface area contributed by atoms with Crippen molar-refractivity contribution in [3.63, 3.8) is 0 Å². The molecule has 6 heteroatoms. The third-order valence-electron chi connectivity index (χ3n) is 4.46. The van der Waals surface area contributed by atoms with E-state index in [0.29, 0.717) is 17.8 Å². The van der Waals surface area contributed by atoms with E-state index >= 15 is 0 Å². The number of alkyl halides is 2. The maximum Gasteiger partial charge on any atom is 0.333 e. The van der Waals surface area contributed by atoms with Crippen LogP contribution in [0.3, 0.4) is 0 Å². The zero-order valence-corrected chi connectivity index (χ0v) is 13.1. The lowest BCUT2D eigenvalue weighted by molar-refractivity contribution is 0.0553. The number of nitrogens with zero attached hydrogens (tertiary/aromatic N) is 3. The van der Waals surface area contributed by atoms with E-state index in [-0.39, 0.29) is 22.9 Å². The average Bonchev–Trinajstić information content (AvgIpc) is 3.12. The summed E-state index contributed by atoms with van der Waals surface area (Å²) in [4.78, 5) is 14.3. The summed E-state index contributed by atoms with van der Waals surface area (Å²) >= 11 is 0. The Hall–Kier alpha value is -2.24. The highest BCUT2D eigenvalue weighted by Crippen LogP contribution is 2.42. The number of hydrogen-bond acceptors (Lipinski definition) is 2.